The molecule has 0 saturated heterocycles. The summed E-state index contributed by atoms with van der Waals surface area (Å²) in [5, 5.41) is 3.05. The monoisotopic (exact) mass is 297 g/mol. The normalized spacial score (nSPS) is 11.6. The summed E-state index contributed by atoms with van der Waals surface area (Å²) in [6, 6.07) is 5.41. The highest BCUT2D eigenvalue weighted by molar-refractivity contribution is 5.13. The number of rotatable bonds is 5. The van der Waals surface area contributed by atoms with Gasteiger partial charge in [-0.15, -0.1) is 0 Å². The SMILES string of the molecule is O=c1ccc(C(F)(F)F)cn1CCNCc1cccnc1. The Morgan fingerprint density at radius 1 is 1.24 bits per heavy atom. The Kier molecular flexibility index (Phi) is 4.74. The van der Waals surface area contributed by atoms with E-state index in [-0.39, 0.29) is 6.54 Å². The number of hydrogen-bond donors (Lipinski definition) is 1. The zero-order chi connectivity index (χ0) is 15.3. The van der Waals surface area contributed by atoms with Crippen LogP contribution in [0.25, 0.3) is 0 Å². The van der Waals surface area contributed by atoms with Gasteiger partial charge in [0.15, 0.2) is 0 Å². The average Bonchev–Trinajstić information content (AvgIpc) is 2.45. The Morgan fingerprint density at radius 3 is 2.71 bits per heavy atom. The third kappa shape index (κ3) is 4.42. The lowest BCUT2D eigenvalue weighted by molar-refractivity contribution is -0.138. The van der Waals surface area contributed by atoms with E-state index < -0.39 is 17.3 Å². The fourth-order valence-corrected chi connectivity index (χ4v) is 1.81. The van der Waals surface area contributed by atoms with Crippen molar-refractivity contribution in [3.05, 3.63) is 64.3 Å². The minimum Gasteiger partial charge on any atom is -0.314 e. The molecule has 21 heavy (non-hydrogen) atoms. The number of hydrogen-bond acceptors (Lipinski definition) is 3. The topological polar surface area (TPSA) is 46.9 Å². The number of pyridine rings is 2. The van der Waals surface area contributed by atoms with Gasteiger partial charge in [-0.25, -0.2) is 0 Å². The average molecular weight is 297 g/mol. The second kappa shape index (κ2) is 6.53. The summed E-state index contributed by atoms with van der Waals surface area (Å²) in [5.74, 6) is 0. The van der Waals surface area contributed by atoms with E-state index in [4.69, 9.17) is 0 Å². The molecule has 0 bridgehead atoms. The van der Waals surface area contributed by atoms with E-state index in [0.29, 0.717) is 13.1 Å². The van der Waals surface area contributed by atoms with Gasteiger partial charge in [-0.05, 0) is 17.7 Å². The summed E-state index contributed by atoms with van der Waals surface area (Å²) in [5.41, 5.74) is -0.311. The van der Waals surface area contributed by atoms with E-state index in [0.717, 1.165) is 28.5 Å². The van der Waals surface area contributed by atoms with E-state index >= 15 is 0 Å². The number of nitrogens with zero attached hydrogens (tertiary/aromatic N) is 2. The maximum absolute atomic E-state index is 12.6. The van der Waals surface area contributed by atoms with Crippen LogP contribution in [-0.4, -0.2) is 16.1 Å². The molecule has 7 heteroatoms. The molecule has 0 aliphatic rings. The van der Waals surface area contributed by atoms with Gasteiger partial charge in [-0.1, -0.05) is 6.07 Å². The van der Waals surface area contributed by atoms with Gasteiger partial charge in [0.1, 0.15) is 0 Å². The van der Waals surface area contributed by atoms with E-state index in [9.17, 15) is 18.0 Å². The van der Waals surface area contributed by atoms with Crippen LogP contribution in [0.4, 0.5) is 13.2 Å². The van der Waals surface area contributed by atoms with Crippen molar-refractivity contribution in [2.45, 2.75) is 19.3 Å². The second-order valence-electron chi connectivity index (χ2n) is 4.49. The molecule has 0 amide bonds. The van der Waals surface area contributed by atoms with E-state index in [1.807, 2.05) is 6.07 Å². The van der Waals surface area contributed by atoms with Gasteiger partial charge in [-0.3, -0.25) is 9.78 Å². The molecule has 0 radical (unpaired) electrons. The quantitative estimate of drug-likeness (QED) is 0.859. The molecular formula is C14H14F3N3O. The summed E-state index contributed by atoms with van der Waals surface area (Å²) < 4.78 is 38.8. The molecule has 2 aromatic rings. The van der Waals surface area contributed by atoms with Crippen LogP contribution in [0.3, 0.4) is 0 Å². The first kappa shape index (κ1) is 15.2. The lowest BCUT2D eigenvalue weighted by Crippen LogP contribution is -2.27. The maximum atomic E-state index is 12.6. The third-order valence-corrected chi connectivity index (χ3v) is 2.89. The smallest absolute Gasteiger partial charge is 0.314 e. The zero-order valence-corrected chi connectivity index (χ0v) is 11.1. The van der Waals surface area contributed by atoms with Crippen LogP contribution in [0.1, 0.15) is 11.1 Å². The van der Waals surface area contributed by atoms with Crippen molar-refractivity contribution in [2.24, 2.45) is 0 Å². The molecule has 2 aromatic heterocycles. The van der Waals surface area contributed by atoms with E-state index in [2.05, 4.69) is 10.3 Å². The lowest BCUT2D eigenvalue weighted by Gasteiger charge is -2.11. The summed E-state index contributed by atoms with van der Waals surface area (Å²) in [7, 11) is 0. The number of nitrogens with one attached hydrogen (secondary N) is 1. The van der Waals surface area contributed by atoms with Gasteiger partial charge in [0, 0.05) is 44.3 Å². The van der Waals surface area contributed by atoms with Crippen molar-refractivity contribution in [1.82, 2.24) is 14.9 Å². The Bertz CT molecular complexity index is 638. The first-order valence-corrected chi connectivity index (χ1v) is 6.34. The molecule has 2 heterocycles. The summed E-state index contributed by atoms with van der Waals surface area (Å²) in [6.07, 6.45) is -0.248. The van der Waals surface area contributed by atoms with Gasteiger partial charge in [0.05, 0.1) is 5.56 Å². The maximum Gasteiger partial charge on any atom is 0.417 e. The van der Waals surface area contributed by atoms with Crippen LogP contribution in [0.2, 0.25) is 0 Å². The highest BCUT2D eigenvalue weighted by Gasteiger charge is 2.30. The number of halogens is 3. The molecule has 0 fully saturated rings. The molecule has 4 nitrogen and oxygen atoms in total. The highest BCUT2D eigenvalue weighted by Crippen LogP contribution is 2.27. The lowest BCUT2D eigenvalue weighted by atomic mass is 10.2. The molecule has 1 N–H and O–H groups in total. The molecular weight excluding hydrogens is 283 g/mol. The molecule has 112 valence electrons. The molecule has 0 spiro atoms. The fourth-order valence-electron chi connectivity index (χ4n) is 1.81. The summed E-state index contributed by atoms with van der Waals surface area (Å²) in [4.78, 5) is 15.5. The highest BCUT2D eigenvalue weighted by atomic mass is 19.4. The third-order valence-electron chi connectivity index (χ3n) is 2.89. The molecule has 0 atom stereocenters. The van der Waals surface area contributed by atoms with Crippen molar-refractivity contribution < 1.29 is 13.2 Å². The predicted molar refractivity (Wildman–Crippen MR) is 71.6 cm³/mol. The Balaban J connectivity index is 1.92. The second-order valence-corrected chi connectivity index (χ2v) is 4.49. The first-order valence-electron chi connectivity index (χ1n) is 6.34. The standard InChI is InChI=1S/C14H14F3N3O/c15-14(16,17)12-3-4-13(21)20(10-12)7-6-19-9-11-2-1-5-18-8-11/h1-5,8,10,19H,6-7,9H2. The van der Waals surface area contributed by atoms with Gasteiger partial charge < -0.3 is 9.88 Å². The first-order chi connectivity index (χ1) is 9.97. The number of aromatic nitrogens is 2. The fraction of sp³-hybridized carbons (Fsp3) is 0.286. The van der Waals surface area contributed by atoms with Gasteiger partial charge in [0.25, 0.3) is 5.56 Å². The molecule has 0 aliphatic carbocycles. The number of alkyl halides is 3. The largest absolute Gasteiger partial charge is 0.417 e. The molecule has 0 unspecified atom stereocenters. The predicted octanol–water partition coefficient (Wildman–Crippen LogP) is 2.05. The van der Waals surface area contributed by atoms with Crippen LogP contribution in [0, 0.1) is 0 Å². The Morgan fingerprint density at radius 2 is 2.05 bits per heavy atom. The Hall–Kier alpha value is -2.15. The Labute approximate surface area is 119 Å². The van der Waals surface area contributed by atoms with Crippen LogP contribution < -0.4 is 10.9 Å². The van der Waals surface area contributed by atoms with Gasteiger partial charge in [0.2, 0.25) is 0 Å². The van der Waals surface area contributed by atoms with Crippen LogP contribution in [0.5, 0.6) is 0 Å². The van der Waals surface area contributed by atoms with Gasteiger partial charge in [-0.2, -0.15) is 13.2 Å². The molecule has 0 saturated carbocycles. The van der Waals surface area contributed by atoms with Crippen molar-refractivity contribution >= 4 is 0 Å². The molecule has 2 rings (SSSR count). The molecule has 0 aromatic carbocycles. The van der Waals surface area contributed by atoms with E-state index in [1.54, 1.807) is 18.5 Å². The van der Waals surface area contributed by atoms with Crippen LogP contribution in [-0.2, 0) is 19.3 Å². The summed E-state index contributed by atoms with van der Waals surface area (Å²) >= 11 is 0. The van der Waals surface area contributed by atoms with Crippen molar-refractivity contribution in [3.8, 4) is 0 Å². The van der Waals surface area contributed by atoms with E-state index in [1.165, 1.54) is 0 Å². The summed E-state index contributed by atoms with van der Waals surface area (Å²) in [6.45, 7) is 1.10. The minimum absolute atomic E-state index is 0.170. The minimum atomic E-state index is -4.45. The van der Waals surface area contributed by atoms with Crippen molar-refractivity contribution in [3.63, 3.8) is 0 Å². The molecule has 0 aliphatic heterocycles. The van der Waals surface area contributed by atoms with Crippen molar-refractivity contribution in [1.29, 1.82) is 0 Å². The zero-order valence-electron chi connectivity index (χ0n) is 11.1. The van der Waals surface area contributed by atoms with Crippen molar-refractivity contribution in [2.75, 3.05) is 6.54 Å². The van der Waals surface area contributed by atoms with Crippen LogP contribution >= 0.6 is 0 Å². The van der Waals surface area contributed by atoms with Gasteiger partial charge >= 0.3 is 6.18 Å². The van der Waals surface area contributed by atoms with Crippen LogP contribution in [0.15, 0.2) is 47.7 Å².